The molecule has 2 unspecified atom stereocenters. The average Bonchev–Trinajstić information content (AvgIpc) is 2.99. The van der Waals surface area contributed by atoms with E-state index in [2.05, 4.69) is 4.90 Å². The third-order valence-corrected chi connectivity index (χ3v) is 7.79. The van der Waals surface area contributed by atoms with Crippen molar-refractivity contribution in [2.45, 2.75) is 43.4 Å². The molecular weight excluding hydrogens is 410 g/mol. The van der Waals surface area contributed by atoms with Crippen molar-refractivity contribution in [2.24, 2.45) is 0 Å². The first-order chi connectivity index (χ1) is 14.1. The summed E-state index contributed by atoms with van der Waals surface area (Å²) in [6.45, 7) is 2.35. The molecule has 3 heterocycles. The van der Waals surface area contributed by atoms with Crippen molar-refractivity contribution < 1.29 is 28.2 Å². The lowest BCUT2D eigenvalue weighted by Gasteiger charge is -2.42. The van der Waals surface area contributed by atoms with Crippen molar-refractivity contribution in [2.75, 3.05) is 43.9 Å². The molecule has 4 rings (SSSR count). The number of sulfonamides is 1. The number of amides is 1. The first kappa shape index (κ1) is 21.2. The van der Waals surface area contributed by atoms with Gasteiger partial charge in [0.25, 0.3) is 0 Å². The minimum Gasteiger partial charge on any atom is -0.491 e. The molecule has 3 fully saturated rings. The second-order valence-corrected chi connectivity index (χ2v) is 10.6. The lowest BCUT2D eigenvalue weighted by atomic mass is 9.87. The van der Waals surface area contributed by atoms with E-state index in [1.807, 2.05) is 24.3 Å². The van der Waals surface area contributed by atoms with E-state index in [-0.39, 0.29) is 18.7 Å². The molecule has 3 aliphatic heterocycles. The number of fused-ring (bicyclic) bond motifs is 2. The number of hydrogen-bond donors (Lipinski definition) is 2. The topological polar surface area (TPSA) is 111 Å². The van der Waals surface area contributed by atoms with E-state index < -0.39 is 21.7 Å². The first-order valence-corrected chi connectivity index (χ1v) is 12.2. The van der Waals surface area contributed by atoms with Crippen molar-refractivity contribution in [3.05, 3.63) is 24.3 Å². The number of carbonyl (C=O) groups is 1. The summed E-state index contributed by atoms with van der Waals surface area (Å²) in [6, 6.07) is 7.30. The molecule has 3 aliphatic rings. The average molecular weight is 440 g/mol. The van der Waals surface area contributed by atoms with Crippen LogP contribution in [0.2, 0.25) is 0 Å². The molecule has 9 nitrogen and oxygen atoms in total. The van der Waals surface area contributed by atoms with Crippen molar-refractivity contribution in [1.82, 2.24) is 9.21 Å². The molecule has 2 N–H and O–H groups in total. The Labute approximate surface area is 176 Å². The van der Waals surface area contributed by atoms with Crippen LogP contribution in [0.4, 0.5) is 10.5 Å². The van der Waals surface area contributed by atoms with Gasteiger partial charge in [-0.3, -0.25) is 0 Å². The van der Waals surface area contributed by atoms with E-state index in [9.17, 15) is 23.4 Å². The highest BCUT2D eigenvalue weighted by Gasteiger charge is 2.49. The van der Waals surface area contributed by atoms with Crippen LogP contribution >= 0.6 is 0 Å². The summed E-state index contributed by atoms with van der Waals surface area (Å²) in [5, 5.41) is 20.3. The number of ether oxygens (including phenoxy) is 1. The van der Waals surface area contributed by atoms with Gasteiger partial charge in [0.05, 0.1) is 6.26 Å². The molecular formula is C20H29N3O6S. The van der Waals surface area contributed by atoms with Gasteiger partial charge < -0.3 is 24.7 Å². The molecule has 1 amide bonds. The largest absolute Gasteiger partial charge is 0.491 e. The van der Waals surface area contributed by atoms with Gasteiger partial charge in [-0.1, -0.05) is 0 Å². The molecule has 0 aliphatic carbocycles. The normalized spacial score (nSPS) is 29.8. The maximum atomic E-state index is 11.6. The number of anilines is 1. The van der Waals surface area contributed by atoms with Crippen LogP contribution in [0.3, 0.4) is 0 Å². The molecule has 10 heteroatoms. The van der Waals surface area contributed by atoms with Crippen LogP contribution in [-0.2, 0) is 10.0 Å². The Bertz CT molecular complexity index is 868. The summed E-state index contributed by atoms with van der Waals surface area (Å²) in [6.07, 6.45) is 2.72. The smallest absolute Gasteiger partial charge is 0.407 e. The molecule has 166 valence electrons. The molecule has 1 aromatic carbocycles. The number of piperidine rings is 1. The minimum atomic E-state index is -3.15. The van der Waals surface area contributed by atoms with Crippen LogP contribution in [0.5, 0.6) is 5.75 Å². The fourth-order valence-electron chi connectivity index (χ4n) is 5.00. The van der Waals surface area contributed by atoms with Gasteiger partial charge in [-0.2, -0.15) is 4.31 Å². The van der Waals surface area contributed by atoms with E-state index in [0.717, 1.165) is 18.5 Å². The van der Waals surface area contributed by atoms with Gasteiger partial charge >= 0.3 is 6.09 Å². The van der Waals surface area contributed by atoms with Gasteiger partial charge in [-0.15, -0.1) is 0 Å². The second kappa shape index (κ2) is 7.90. The van der Waals surface area contributed by atoms with Crippen LogP contribution in [0.1, 0.15) is 25.7 Å². The zero-order valence-electron chi connectivity index (χ0n) is 17.1. The second-order valence-electron chi connectivity index (χ2n) is 8.64. The lowest BCUT2D eigenvalue weighted by Crippen LogP contribution is -2.55. The van der Waals surface area contributed by atoms with Crippen molar-refractivity contribution >= 4 is 21.8 Å². The van der Waals surface area contributed by atoms with Gasteiger partial charge in [0.1, 0.15) is 18.0 Å². The summed E-state index contributed by atoms with van der Waals surface area (Å²) < 4.78 is 30.6. The van der Waals surface area contributed by atoms with Crippen LogP contribution < -0.4 is 9.64 Å². The summed E-state index contributed by atoms with van der Waals surface area (Å²) in [7, 11) is -3.15. The number of benzene rings is 1. The summed E-state index contributed by atoms with van der Waals surface area (Å²) in [5.74, 6) is 0.648. The SMILES string of the molecule is CS(=O)(=O)N1CCN(c2ccc(OCC3(O)CC4CCC(C3)N4C(=O)O)cc2)CC1. The van der Waals surface area contributed by atoms with Gasteiger partial charge in [0.2, 0.25) is 10.0 Å². The highest BCUT2D eigenvalue weighted by molar-refractivity contribution is 7.88. The zero-order valence-corrected chi connectivity index (χ0v) is 17.9. The highest BCUT2D eigenvalue weighted by Crippen LogP contribution is 2.41. The van der Waals surface area contributed by atoms with Crippen LogP contribution in [0, 0.1) is 0 Å². The Morgan fingerprint density at radius 1 is 1.10 bits per heavy atom. The van der Waals surface area contributed by atoms with E-state index in [1.54, 1.807) is 0 Å². The Kier molecular flexibility index (Phi) is 5.58. The molecule has 2 bridgehead atoms. The predicted octanol–water partition coefficient (Wildman–Crippen LogP) is 1.18. The molecule has 0 aromatic heterocycles. The van der Waals surface area contributed by atoms with Crippen LogP contribution in [-0.4, -0.2) is 90.7 Å². The van der Waals surface area contributed by atoms with E-state index in [0.29, 0.717) is 44.8 Å². The number of aliphatic hydroxyl groups is 1. The van der Waals surface area contributed by atoms with E-state index in [4.69, 9.17) is 4.74 Å². The van der Waals surface area contributed by atoms with Crippen molar-refractivity contribution in [3.8, 4) is 5.75 Å². The molecule has 30 heavy (non-hydrogen) atoms. The Morgan fingerprint density at radius 2 is 1.67 bits per heavy atom. The third-order valence-electron chi connectivity index (χ3n) is 6.49. The van der Waals surface area contributed by atoms with Gasteiger partial charge in [0, 0.05) is 56.8 Å². The summed E-state index contributed by atoms with van der Waals surface area (Å²) in [4.78, 5) is 15.0. The molecule has 0 spiro atoms. The molecule has 3 saturated heterocycles. The fraction of sp³-hybridized carbons (Fsp3) is 0.650. The lowest BCUT2D eigenvalue weighted by molar-refractivity contribution is -0.0705. The Morgan fingerprint density at radius 3 is 2.17 bits per heavy atom. The summed E-state index contributed by atoms with van der Waals surface area (Å²) in [5.41, 5.74) is -0.0136. The van der Waals surface area contributed by atoms with Crippen LogP contribution in [0.25, 0.3) is 0 Å². The summed E-state index contributed by atoms with van der Waals surface area (Å²) >= 11 is 0. The van der Waals surface area contributed by atoms with Gasteiger partial charge in [-0.05, 0) is 37.1 Å². The Hall–Kier alpha value is -2.04. The van der Waals surface area contributed by atoms with Gasteiger partial charge in [-0.25, -0.2) is 13.2 Å². The highest BCUT2D eigenvalue weighted by atomic mass is 32.2. The monoisotopic (exact) mass is 439 g/mol. The van der Waals surface area contributed by atoms with Gasteiger partial charge in [0.15, 0.2) is 0 Å². The maximum Gasteiger partial charge on any atom is 0.407 e. The molecule has 1 aromatic rings. The molecule has 0 radical (unpaired) electrons. The number of carboxylic acid groups (broad SMARTS) is 1. The minimum absolute atomic E-state index is 0.136. The van der Waals surface area contributed by atoms with Crippen LogP contribution in [0.15, 0.2) is 24.3 Å². The van der Waals surface area contributed by atoms with Crippen molar-refractivity contribution in [1.29, 1.82) is 0 Å². The Balaban J connectivity index is 1.31. The van der Waals surface area contributed by atoms with E-state index in [1.165, 1.54) is 15.5 Å². The van der Waals surface area contributed by atoms with E-state index >= 15 is 0 Å². The standard InChI is InChI=1S/C20H29N3O6S/c1-30(27,28)22-10-8-21(9-11-22)15-4-6-18(7-5-15)29-14-20(26)12-16-2-3-17(13-20)23(16)19(24)25/h4-7,16-17,26H,2-3,8-14H2,1H3,(H,24,25). The maximum absolute atomic E-state index is 11.6. The zero-order chi connectivity index (χ0) is 21.5. The predicted molar refractivity (Wildman–Crippen MR) is 111 cm³/mol. The fourth-order valence-corrected chi connectivity index (χ4v) is 5.83. The quantitative estimate of drug-likeness (QED) is 0.709. The number of piperazine rings is 1. The number of nitrogens with zero attached hydrogens (tertiary/aromatic N) is 3. The number of rotatable bonds is 5. The molecule has 0 saturated carbocycles. The third kappa shape index (κ3) is 4.35. The van der Waals surface area contributed by atoms with Crippen molar-refractivity contribution in [3.63, 3.8) is 0 Å². The first-order valence-electron chi connectivity index (χ1n) is 10.3. The molecule has 2 atom stereocenters. The number of hydrogen-bond acceptors (Lipinski definition) is 6.